The molecule has 0 saturated heterocycles. The summed E-state index contributed by atoms with van der Waals surface area (Å²) < 4.78 is 0. The lowest BCUT2D eigenvalue weighted by Crippen LogP contribution is -2.30. The van der Waals surface area contributed by atoms with E-state index in [4.69, 9.17) is 0 Å². The minimum Gasteiger partial charge on any atom is -0.295 e. The van der Waals surface area contributed by atoms with E-state index in [9.17, 15) is 4.79 Å². The van der Waals surface area contributed by atoms with Crippen molar-refractivity contribution < 1.29 is 4.79 Å². The number of hydrogen-bond acceptors (Lipinski definition) is 1. The molecule has 0 aromatic carbocycles. The Balaban J connectivity index is 3.00. The van der Waals surface area contributed by atoms with Gasteiger partial charge in [-0.15, -0.1) is 0 Å². The molecule has 1 rings (SSSR count). The topological polar surface area (TPSA) is 17.1 Å². The van der Waals surface area contributed by atoms with Gasteiger partial charge in [0.05, 0.1) is 0 Å². The highest BCUT2D eigenvalue weighted by atomic mass is 16.1. The Labute approximate surface area is 86.2 Å². The number of rotatable bonds is 2. The molecule has 1 aliphatic carbocycles. The zero-order valence-corrected chi connectivity index (χ0v) is 9.21. The van der Waals surface area contributed by atoms with Gasteiger partial charge in [0.2, 0.25) is 0 Å². The molecule has 1 aliphatic rings. The summed E-state index contributed by atoms with van der Waals surface area (Å²) in [6.07, 6.45) is 8.27. The van der Waals surface area contributed by atoms with E-state index in [1.165, 1.54) is 0 Å². The van der Waals surface area contributed by atoms with Crippen molar-refractivity contribution in [2.45, 2.75) is 27.2 Å². The molecule has 0 fully saturated rings. The van der Waals surface area contributed by atoms with Crippen LogP contribution in [-0.4, -0.2) is 5.78 Å². The number of carbonyl (C=O) groups is 1. The molecule has 0 amide bonds. The van der Waals surface area contributed by atoms with Crippen molar-refractivity contribution in [1.29, 1.82) is 0 Å². The van der Waals surface area contributed by atoms with E-state index < -0.39 is 0 Å². The van der Waals surface area contributed by atoms with Gasteiger partial charge in [0.25, 0.3) is 0 Å². The zero-order valence-electron chi connectivity index (χ0n) is 9.21. The van der Waals surface area contributed by atoms with E-state index in [1.54, 1.807) is 12.2 Å². The molecule has 14 heavy (non-hydrogen) atoms. The van der Waals surface area contributed by atoms with Crippen molar-refractivity contribution in [3.05, 3.63) is 36.5 Å². The van der Waals surface area contributed by atoms with Crippen LogP contribution in [0.2, 0.25) is 0 Å². The Morgan fingerprint density at radius 3 is 2.71 bits per heavy atom. The summed E-state index contributed by atoms with van der Waals surface area (Å²) in [5, 5.41) is 0. The fraction of sp³-hybridized carbons (Fsp3) is 0.462. The largest absolute Gasteiger partial charge is 0.295 e. The van der Waals surface area contributed by atoms with Gasteiger partial charge in [0.15, 0.2) is 5.78 Å². The Kier molecular flexibility index (Phi) is 3.10. The lowest BCUT2D eigenvalue weighted by molar-refractivity contribution is -0.117. The van der Waals surface area contributed by atoms with Gasteiger partial charge in [-0.3, -0.25) is 4.79 Å². The summed E-state index contributed by atoms with van der Waals surface area (Å²) in [6, 6.07) is 0. The molecule has 0 aromatic rings. The van der Waals surface area contributed by atoms with E-state index in [-0.39, 0.29) is 11.2 Å². The van der Waals surface area contributed by atoms with Crippen LogP contribution in [0.3, 0.4) is 0 Å². The summed E-state index contributed by atoms with van der Waals surface area (Å²) in [6.45, 7) is 9.96. The summed E-state index contributed by atoms with van der Waals surface area (Å²) >= 11 is 0. The molecule has 0 radical (unpaired) electrons. The smallest absolute Gasteiger partial charge is 0.156 e. The van der Waals surface area contributed by atoms with Crippen LogP contribution in [0.1, 0.15) is 27.2 Å². The molecule has 1 nitrogen and oxygen atoms in total. The molecule has 0 aromatic heterocycles. The van der Waals surface area contributed by atoms with Crippen LogP contribution >= 0.6 is 0 Å². The predicted molar refractivity (Wildman–Crippen MR) is 60.0 cm³/mol. The van der Waals surface area contributed by atoms with Crippen molar-refractivity contribution in [1.82, 2.24) is 0 Å². The molecule has 1 heteroatoms. The molecular weight excluding hydrogens is 172 g/mol. The molecule has 0 saturated carbocycles. The minimum atomic E-state index is 0.0371. The van der Waals surface area contributed by atoms with E-state index in [0.717, 1.165) is 5.57 Å². The first-order valence-electron chi connectivity index (χ1n) is 4.97. The lowest BCUT2D eigenvalue weighted by atomic mass is 9.68. The zero-order chi connectivity index (χ0) is 10.8. The summed E-state index contributed by atoms with van der Waals surface area (Å²) in [5.41, 5.74) is 1.19. The van der Waals surface area contributed by atoms with Crippen molar-refractivity contribution in [3.8, 4) is 0 Å². The average Bonchev–Trinajstić information content (AvgIpc) is 2.00. The standard InChI is InChI=1S/C13H18O/c1-5-6-7-12-10(2)8-11(14)9-13(12,3)4/h5-8,12H,1,9H2,2-4H3/b7-6+. The van der Waals surface area contributed by atoms with Gasteiger partial charge in [0, 0.05) is 12.3 Å². The van der Waals surface area contributed by atoms with Crippen LogP contribution in [0.5, 0.6) is 0 Å². The first-order chi connectivity index (χ1) is 6.47. The third kappa shape index (κ3) is 2.22. The van der Waals surface area contributed by atoms with Crippen LogP contribution in [-0.2, 0) is 4.79 Å². The number of ketones is 1. The van der Waals surface area contributed by atoms with Crippen LogP contribution < -0.4 is 0 Å². The molecule has 1 atom stereocenters. The van der Waals surface area contributed by atoms with Crippen LogP contribution in [0.4, 0.5) is 0 Å². The molecular formula is C13H18O. The SMILES string of the molecule is C=C/C=C/C1C(C)=CC(=O)CC1(C)C. The van der Waals surface area contributed by atoms with Crippen LogP contribution in [0, 0.1) is 11.3 Å². The van der Waals surface area contributed by atoms with Gasteiger partial charge in [-0.05, 0) is 18.4 Å². The fourth-order valence-electron chi connectivity index (χ4n) is 2.17. The Morgan fingerprint density at radius 2 is 2.21 bits per heavy atom. The van der Waals surface area contributed by atoms with E-state index in [1.807, 2.05) is 13.0 Å². The van der Waals surface area contributed by atoms with E-state index in [0.29, 0.717) is 12.3 Å². The highest BCUT2D eigenvalue weighted by molar-refractivity contribution is 5.92. The van der Waals surface area contributed by atoms with Gasteiger partial charge in [-0.1, -0.05) is 44.2 Å². The van der Waals surface area contributed by atoms with Crippen LogP contribution in [0.25, 0.3) is 0 Å². The van der Waals surface area contributed by atoms with Gasteiger partial charge in [-0.25, -0.2) is 0 Å². The van der Waals surface area contributed by atoms with Gasteiger partial charge < -0.3 is 0 Å². The van der Waals surface area contributed by atoms with Crippen molar-refractivity contribution >= 4 is 5.78 Å². The first kappa shape index (κ1) is 11.0. The molecule has 0 bridgehead atoms. The predicted octanol–water partition coefficient (Wildman–Crippen LogP) is 3.29. The maximum atomic E-state index is 11.4. The molecule has 0 spiro atoms. The van der Waals surface area contributed by atoms with Gasteiger partial charge >= 0.3 is 0 Å². The van der Waals surface area contributed by atoms with Crippen LogP contribution in [0.15, 0.2) is 36.5 Å². The monoisotopic (exact) mass is 190 g/mol. The second kappa shape index (κ2) is 3.95. The summed E-state index contributed by atoms with van der Waals surface area (Å²) in [5.74, 6) is 0.606. The number of carbonyl (C=O) groups excluding carboxylic acids is 1. The average molecular weight is 190 g/mol. The number of hydrogen-bond donors (Lipinski definition) is 0. The van der Waals surface area contributed by atoms with E-state index >= 15 is 0 Å². The second-order valence-corrected chi connectivity index (χ2v) is 4.62. The minimum absolute atomic E-state index is 0.0371. The van der Waals surface area contributed by atoms with E-state index in [2.05, 4.69) is 26.5 Å². The molecule has 0 heterocycles. The molecule has 0 N–H and O–H groups in total. The summed E-state index contributed by atoms with van der Waals surface area (Å²) in [7, 11) is 0. The molecule has 76 valence electrons. The molecule has 0 aliphatic heterocycles. The third-order valence-corrected chi connectivity index (χ3v) is 2.79. The Morgan fingerprint density at radius 1 is 1.57 bits per heavy atom. The lowest BCUT2D eigenvalue weighted by Gasteiger charge is -2.35. The highest BCUT2D eigenvalue weighted by Crippen LogP contribution is 2.40. The quantitative estimate of drug-likeness (QED) is 0.611. The van der Waals surface area contributed by atoms with Gasteiger partial charge in [-0.2, -0.15) is 0 Å². The van der Waals surface area contributed by atoms with Crippen molar-refractivity contribution in [2.75, 3.05) is 0 Å². The molecule has 1 unspecified atom stereocenters. The Bertz CT molecular complexity index is 305. The van der Waals surface area contributed by atoms with Gasteiger partial charge in [0.1, 0.15) is 0 Å². The first-order valence-corrected chi connectivity index (χ1v) is 4.97. The normalized spacial score (nSPS) is 26.4. The van der Waals surface area contributed by atoms with Crippen molar-refractivity contribution in [3.63, 3.8) is 0 Å². The summed E-state index contributed by atoms with van der Waals surface area (Å²) in [4.78, 5) is 11.4. The maximum Gasteiger partial charge on any atom is 0.156 e. The maximum absolute atomic E-state index is 11.4. The third-order valence-electron chi connectivity index (χ3n) is 2.79. The Hall–Kier alpha value is -1.11. The number of allylic oxidation sites excluding steroid dienone is 5. The second-order valence-electron chi connectivity index (χ2n) is 4.62. The fourth-order valence-corrected chi connectivity index (χ4v) is 2.17. The van der Waals surface area contributed by atoms with Crippen molar-refractivity contribution in [2.24, 2.45) is 11.3 Å². The highest BCUT2D eigenvalue weighted by Gasteiger charge is 2.34.